The Kier molecular flexibility index (Phi) is 0.746. The molecule has 1 aliphatic heterocycles. The minimum atomic E-state index is -0.266. The lowest BCUT2D eigenvalue weighted by Gasteiger charge is -2.32. The second kappa shape index (κ2) is 1.25. The fraction of sp³-hybridized carbons (Fsp3) is 1.00. The molecular weight excluding hydrogens is 102 g/mol. The number of rotatable bonds is 1. The van der Waals surface area contributed by atoms with Crippen LogP contribution in [-0.2, 0) is 0 Å². The van der Waals surface area contributed by atoms with Gasteiger partial charge in [0.15, 0.2) is 0 Å². The van der Waals surface area contributed by atoms with Crippen molar-refractivity contribution >= 4 is 0 Å². The molecule has 1 atom stereocenters. The van der Waals surface area contributed by atoms with Gasteiger partial charge < -0.3 is 10.4 Å². The van der Waals surface area contributed by atoms with Crippen LogP contribution in [0.5, 0.6) is 0 Å². The predicted octanol–water partition coefficient (Wildman–Crippen LogP) is -0.127. The maximum Gasteiger partial charge on any atom is 0.0802 e. The zero-order chi connectivity index (χ0) is 5.61. The van der Waals surface area contributed by atoms with E-state index in [0.29, 0.717) is 6.04 Å². The van der Waals surface area contributed by atoms with Gasteiger partial charge in [-0.1, -0.05) is 0 Å². The monoisotopic (exact) mass is 113 g/mol. The van der Waals surface area contributed by atoms with E-state index >= 15 is 0 Å². The largest absolute Gasteiger partial charge is 0.388 e. The van der Waals surface area contributed by atoms with Crippen molar-refractivity contribution in [2.24, 2.45) is 0 Å². The van der Waals surface area contributed by atoms with Crippen LogP contribution in [0.4, 0.5) is 0 Å². The first kappa shape index (κ1) is 4.77. The van der Waals surface area contributed by atoms with Gasteiger partial charge in [0.1, 0.15) is 0 Å². The second-order valence-electron chi connectivity index (χ2n) is 2.90. The molecule has 0 spiro atoms. The third-order valence-corrected chi connectivity index (χ3v) is 2.23. The van der Waals surface area contributed by atoms with E-state index in [2.05, 4.69) is 5.32 Å². The van der Waals surface area contributed by atoms with Crippen molar-refractivity contribution in [3.05, 3.63) is 0 Å². The predicted molar refractivity (Wildman–Crippen MR) is 30.6 cm³/mol. The van der Waals surface area contributed by atoms with Crippen molar-refractivity contribution in [2.45, 2.75) is 30.9 Å². The molecule has 2 aliphatic rings. The molecule has 0 aromatic carbocycles. The maximum atomic E-state index is 9.39. The van der Waals surface area contributed by atoms with E-state index in [0.717, 1.165) is 19.4 Å². The summed E-state index contributed by atoms with van der Waals surface area (Å²) >= 11 is 0. The third-order valence-electron chi connectivity index (χ3n) is 2.23. The molecule has 8 heavy (non-hydrogen) atoms. The summed E-state index contributed by atoms with van der Waals surface area (Å²) in [5, 5.41) is 12.6. The lowest BCUT2D eigenvalue weighted by molar-refractivity contribution is 0.0720. The highest BCUT2D eigenvalue weighted by Crippen LogP contribution is 2.41. The van der Waals surface area contributed by atoms with Crippen molar-refractivity contribution in [1.29, 1.82) is 0 Å². The summed E-state index contributed by atoms with van der Waals surface area (Å²) in [6, 6.07) is 0.447. The molecule has 2 fully saturated rings. The Hall–Kier alpha value is -0.0800. The highest BCUT2D eigenvalue weighted by atomic mass is 16.3. The van der Waals surface area contributed by atoms with Crippen LogP contribution in [0.2, 0.25) is 0 Å². The van der Waals surface area contributed by atoms with Crippen LogP contribution in [0.25, 0.3) is 0 Å². The summed E-state index contributed by atoms with van der Waals surface area (Å²) in [5.74, 6) is 0. The van der Waals surface area contributed by atoms with Crippen LogP contribution in [0.1, 0.15) is 19.3 Å². The quantitative estimate of drug-likeness (QED) is 0.496. The molecule has 0 bridgehead atoms. The van der Waals surface area contributed by atoms with Gasteiger partial charge in [-0.15, -0.1) is 0 Å². The van der Waals surface area contributed by atoms with Crippen LogP contribution < -0.4 is 5.32 Å². The van der Waals surface area contributed by atoms with E-state index < -0.39 is 0 Å². The first-order valence-electron chi connectivity index (χ1n) is 3.27. The van der Waals surface area contributed by atoms with Crippen molar-refractivity contribution in [3.8, 4) is 0 Å². The molecule has 1 saturated carbocycles. The summed E-state index contributed by atoms with van der Waals surface area (Å²) in [7, 11) is 0. The summed E-state index contributed by atoms with van der Waals surface area (Å²) in [6.45, 7) is 1.10. The molecule has 1 saturated heterocycles. The summed E-state index contributed by atoms with van der Waals surface area (Å²) in [4.78, 5) is 0. The molecule has 0 radical (unpaired) electrons. The van der Waals surface area contributed by atoms with Gasteiger partial charge in [0.25, 0.3) is 0 Å². The van der Waals surface area contributed by atoms with Gasteiger partial charge in [-0.3, -0.25) is 0 Å². The smallest absolute Gasteiger partial charge is 0.0802 e. The fourth-order valence-electron chi connectivity index (χ4n) is 1.22. The zero-order valence-corrected chi connectivity index (χ0v) is 4.85. The summed E-state index contributed by atoms with van der Waals surface area (Å²) in [5.41, 5.74) is -0.266. The lowest BCUT2D eigenvalue weighted by Crippen LogP contribution is -2.52. The van der Waals surface area contributed by atoms with E-state index in [1.165, 1.54) is 6.42 Å². The molecule has 0 aromatic rings. The molecule has 2 N–H and O–H groups in total. The molecule has 46 valence electrons. The topological polar surface area (TPSA) is 32.3 Å². The maximum absolute atomic E-state index is 9.39. The normalized spacial score (nSPS) is 40.9. The van der Waals surface area contributed by atoms with Crippen LogP contribution in [0, 0.1) is 0 Å². The Morgan fingerprint density at radius 3 is 2.25 bits per heavy atom. The Balaban J connectivity index is 1.95. The lowest BCUT2D eigenvalue weighted by atomic mass is 9.99. The summed E-state index contributed by atoms with van der Waals surface area (Å²) < 4.78 is 0. The van der Waals surface area contributed by atoms with Gasteiger partial charge in [-0.25, -0.2) is 0 Å². The molecule has 0 amide bonds. The fourth-order valence-corrected chi connectivity index (χ4v) is 1.22. The van der Waals surface area contributed by atoms with Gasteiger partial charge in [-0.2, -0.15) is 0 Å². The van der Waals surface area contributed by atoms with Crippen LogP contribution in [-0.4, -0.2) is 23.3 Å². The van der Waals surface area contributed by atoms with Gasteiger partial charge in [0, 0.05) is 6.04 Å². The Morgan fingerprint density at radius 2 is 2.12 bits per heavy atom. The third kappa shape index (κ3) is 0.501. The van der Waals surface area contributed by atoms with Gasteiger partial charge in [0.05, 0.1) is 5.60 Å². The highest BCUT2D eigenvalue weighted by Gasteiger charge is 2.49. The van der Waals surface area contributed by atoms with E-state index in [4.69, 9.17) is 0 Å². The van der Waals surface area contributed by atoms with Crippen LogP contribution in [0.15, 0.2) is 0 Å². The highest BCUT2D eigenvalue weighted by molar-refractivity contribution is 5.06. The minimum Gasteiger partial charge on any atom is -0.388 e. The number of aliphatic hydroxyl groups is 1. The van der Waals surface area contributed by atoms with Crippen LogP contribution in [0.3, 0.4) is 0 Å². The molecular formula is C6H11NO. The molecule has 2 nitrogen and oxygen atoms in total. The first-order valence-corrected chi connectivity index (χ1v) is 3.27. The van der Waals surface area contributed by atoms with Gasteiger partial charge in [-0.05, 0) is 25.8 Å². The van der Waals surface area contributed by atoms with Crippen molar-refractivity contribution in [2.75, 3.05) is 6.54 Å². The summed E-state index contributed by atoms with van der Waals surface area (Å²) in [6.07, 6.45) is 3.21. The minimum absolute atomic E-state index is 0.266. The molecule has 1 aliphatic carbocycles. The number of hydrogen-bond acceptors (Lipinski definition) is 2. The SMILES string of the molecule is OC1(C2CCN2)CC1. The Morgan fingerprint density at radius 1 is 1.50 bits per heavy atom. The van der Waals surface area contributed by atoms with Gasteiger partial charge >= 0.3 is 0 Å². The van der Waals surface area contributed by atoms with Crippen LogP contribution >= 0.6 is 0 Å². The number of nitrogens with one attached hydrogen (secondary N) is 1. The molecule has 1 heterocycles. The van der Waals surface area contributed by atoms with Crippen molar-refractivity contribution in [1.82, 2.24) is 5.32 Å². The van der Waals surface area contributed by atoms with Gasteiger partial charge in [0.2, 0.25) is 0 Å². The van der Waals surface area contributed by atoms with E-state index in [-0.39, 0.29) is 5.60 Å². The average molecular weight is 113 g/mol. The molecule has 2 rings (SSSR count). The van der Waals surface area contributed by atoms with E-state index in [1.54, 1.807) is 0 Å². The Bertz CT molecular complexity index is 105. The molecule has 0 aromatic heterocycles. The Labute approximate surface area is 48.9 Å². The second-order valence-corrected chi connectivity index (χ2v) is 2.90. The number of hydrogen-bond donors (Lipinski definition) is 2. The standard InChI is InChI=1S/C6H11NO/c8-6(2-3-6)5-1-4-7-5/h5,7-8H,1-4H2. The average Bonchev–Trinajstić information content (AvgIpc) is 2.12. The van der Waals surface area contributed by atoms with Crippen molar-refractivity contribution < 1.29 is 5.11 Å². The van der Waals surface area contributed by atoms with Crippen molar-refractivity contribution in [3.63, 3.8) is 0 Å². The first-order chi connectivity index (χ1) is 3.81. The molecule has 1 unspecified atom stereocenters. The van der Waals surface area contributed by atoms with E-state index in [1.807, 2.05) is 0 Å². The molecule has 2 heteroatoms. The van der Waals surface area contributed by atoms with E-state index in [9.17, 15) is 5.11 Å². The zero-order valence-electron chi connectivity index (χ0n) is 4.85.